The second-order valence-corrected chi connectivity index (χ2v) is 8.77. The van der Waals surface area contributed by atoms with Gasteiger partial charge in [0.05, 0.1) is 24.7 Å². The molecule has 0 radical (unpaired) electrons. The van der Waals surface area contributed by atoms with E-state index in [2.05, 4.69) is 19.2 Å². The van der Waals surface area contributed by atoms with E-state index in [9.17, 15) is 4.79 Å². The lowest BCUT2D eigenvalue weighted by molar-refractivity contribution is -0.115. The Bertz CT molecular complexity index is 1010. The molecule has 0 unspecified atom stereocenters. The highest BCUT2D eigenvalue weighted by Gasteiger charge is 2.22. The number of thioether (sulfide) groups is 1. The standard InChI is InChI=1S/C24H27NO5S2/c1-4-28-21-14-18(15-22-23(26)25-24(31)32-22)6-8-20(21)30-12-10-27-9-11-29-19-7-5-16(2)17(3)13-19/h5-8,13-15H,4,9-12H2,1-3H3,(H,25,26,31)/b22-15-. The van der Waals surface area contributed by atoms with Gasteiger partial charge in [0, 0.05) is 0 Å². The molecule has 0 bridgehead atoms. The first kappa shape index (κ1) is 24.1. The number of nitrogens with one attached hydrogen (secondary N) is 1. The van der Waals surface area contributed by atoms with Crippen molar-refractivity contribution in [1.29, 1.82) is 0 Å². The molecule has 1 heterocycles. The lowest BCUT2D eigenvalue weighted by atomic mass is 10.1. The van der Waals surface area contributed by atoms with Gasteiger partial charge >= 0.3 is 0 Å². The van der Waals surface area contributed by atoms with Gasteiger partial charge in [-0.3, -0.25) is 4.79 Å². The molecule has 0 saturated carbocycles. The molecule has 1 saturated heterocycles. The SMILES string of the molecule is CCOc1cc(/C=C2\SC(=S)NC2=O)ccc1OCCOCCOc1ccc(C)c(C)c1. The second kappa shape index (κ2) is 11.9. The smallest absolute Gasteiger partial charge is 0.263 e. The van der Waals surface area contributed by atoms with Crippen LogP contribution < -0.4 is 19.5 Å². The molecule has 170 valence electrons. The van der Waals surface area contributed by atoms with Crippen LogP contribution in [-0.2, 0) is 9.53 Å². The van der Waals surface area contributed by atoms with Gasteiger partial charge < -0.3 is 24.3 Å². The highest BCUT2D eigenvalue weighted by molar-refractivity contribution is 8.26. The fourth-order valence-corrected chi connectivity index (χ4v) is 3.95. The van der Waals surface area contributed by atoms with Gasteiger partial charge in [-0.25, -0.2) is 0 Å². The first-order valence-electron chi connectivity index (χ1n) is 10.4. The summed E-state index contributed by atoms with van der Waals surface area (Å²) in [6, 6.07) is 11.6. The van der Waals surface area contributed by atoms with E-state index in [-0.39, 0.29) is 5.91 Å². The first-order chi connectivity index (χ1) is 15.5. The van der Waals surface area contributed by atoms with Crippen molar-refractivity contribution in [3.8, 4) is 17.2 Å². The molecule has 2 aromatic carbocycles. The van der Waals surface area contributed by atoms with Gasteiger partial charge in [0.1, 0.15) is 23.3 Å². The van der Waals surface area contributed by atoms with Crippen LogP contribution in [0, 0.1) is 13.8 Å². The first-order valence-corrected chi connectivity index (χ1v) is 11.6. The van der Waals surface area contributed by atoms with Crippen LogP contribution in [0.3, 0.4) is 0 Å². The Balaban J connectivity index is 1.45. The molecule has 0 aliphatic carbocycles. The Labute approximate surface area is 198 Å². The second-order valence-electron chi connectivity index (χ2n) is 7.05. The van der Waals surface area contributed by atoms with Crippen molar-refractivity contribution < 1.29 is 23.7 Å². The molecule has 1 N–H and O–H groups in total. The largest absolute Gasteiger partial charge is 0.491 e. The summed E-state index contributed by atoms with van der Waals surface area (Å²) < 4.78 is 23.3. The predicted molar refractivity (Wildman–Crippen MR) is 132 cm³/mol. The Kier molecular flexibility index (Phi) is 8.96. The molecule has 0 atom stereocenters. The summed E-state index contributed by atoms with van der Waals surface area (Å²) in [5, 5.41) is 2.61. The normalized spacial score (nSPS) is 14.5. The Morgan fingerprint density at radius 2 is 1.72 bits per heavy atom. The number of amides is 1. The summed E-state index contributed by atoms with van der Waals surface area (Å²) in [5.41, 5.74) is 3.29. The average molecular weight is 474 g/mol. The van der Waals surface area contributed by atoms with E-state index >= 15 is 0 Å². The molecule has 3 rings (SSSR count). The zero-order valence-electron chi connectivity index (χ0n) is 18.4. The van der Waals surface area contributed by atoms with Crippen LogP contribution in [-0.4, -0.2) is 43.3 Å². The van der Waals surface area contributed by atoms with Gasteiger partial charge in [0.2, 0.25) is 0 Å². The summed E-state index contributed by atoms with van der Waals surface area (Å²) in [6.45, 7) is 8.32. The Morgan fingerprint density at radius 1 is 0.938 bits per heavy atom. The van der Waals surface area contributed by atoms with Gasteiger partial charge in [-0.05, 0) is 67.8 Å². The van der Waals surface area contributed by atoms with E-state index in [0.717, 1.165) is 11.3 Å². The van der Waals surface area contributed by atoms with Crippen molar-refractivity contribution in [2.75, 3.05) is 33.0 Å². The maximum Gasteiger partial charge on any atom is 0.263 e. The minimum atomic E-state index is -0.183. The number of benzene rings is 2. The number of rotatable bonds is 11. The van der Waals surface area contributed by atoms with Crippen LogP contribution in [0.4, 0.5) is 0 Å². The number of aryl methyl sites for hydroxylation is 2. The molecule has 8 heteroatoms. The maximum atomic E-state index is 11.9. The summed E-state index contributed by atoms with van der Waals surface area (Å²) in [5.74, 6) is 1.91. The Morgan fingerprint density at radius 3 is 2.41 bits per heavy atom. The topological polar surface area (TPSA) is 66.0 Å². The third-order valence-electron chi connectivity index (χ3n) is 4.67. The molecule has 1 aliphatic rings. The van der Waals surface area contributed by atoms with E-state index in [0.29, 0.717) is 53.8 Å². The molecule has 32 heavy (non-hydrogen) atoms. The number of carbonyl (C=O) groups excluding carboxylic acids is 1. The average Bonchev–Trinajstić information content (AvgIpc) is 3.08. The van der Waals surface area contributed by atoms with E-state index in [1.165, 1.54) is 22.9 Å². The fourth-order valence-electron chi connectivity index (χ4n) is 2.91. The Hall–Kier alpha value is -2.55. The molecular formula is C24H27NO5S2. The zero-order valence-corrected chi connectivity index (χ0v) is 20.1. The minimum Gasteiger partial charge on any atom is -0.491 e. The van der Waals surface area contributed by atoms with Crippen molar-refractivity contribution >= 4 is 40.3 Å². The quantitative estimate of drug-likeness (QED) is 0.289. The summed E-state index contributed by atoms with van der Waals surface area (Å²) in [7, 11) is 0. The van der Waals surface area contributed by atoms with Crippen LogP contribution in [0.5, 0.6) is 17.2 Å². The number of hydrogen-bond donors (Lipinski definition) is 1. The van der Waals surface area contributed by atoms with Gasteiger partial charge in [-0.2, -0.15) is 0 Å². The van der Waals surface area contributed by atoms with Crippen LogP contribution >= 0.6 is 24.0 Å². The van der Waals surface area contributed by atoms with Crippen LogP contribution in [0.2, 0.25) is 0 Å². The van der Waals surface area contributed by atoms with Crippen molar-refractivity contribution in [2.24, 2.45) is 0 Å². The summed E-state index contributed by atoms with van der Waals surface area (Å²) >= 11 is 6.27. The molecule has 0 spiro atoms. The fraction of sp³-hybridized carbons (Fsp3) is 0.333. The van der Waals surface area contributed by atoms with Crippen molar-refractivity contribution in [3.05, 3.63) is 58.0 Å². The number of carbonyl (C=O) groups is 1. The summed E-state index contributed by atoms with van der Waals surface area (Å²) in [4.78, 5) is 12.4. The van der Waals surface area contributed by atoms with Crippen molar-refractivity contribution in [1.82, 2.24) is 5.32 Å². The zero-order chi connectivity index (χ0) is 22.9. The van der Waals surface area contributed by atoms with E-state index in [1.807, 2.05) is 43.3 Å². The molecule has 0 aromatic heterocycles. The third kappa shape index (κ3) is 6.98. The number of ether oxygens (including phenoxy) is 4. The molecule has 1 fully saturated rings. The lowest BCUT2D eigenvalue weighted by Gasteiger charge is -2.13. The highest BCUT2D eigenvalue weighted by Crippen LogP contribution is 2.31. The predicted octanol–water partition coefficient (Wildman–Crippen LogP) is 4.67. The van der Waals surface area contributed by atoms with Crippen LogP contribution in [0.15, 0.2) is 41.3 Å². The van der Waals surface area contributed by atoms with Gasteiger partial charge in [0.15, 0.2) is 11.5 Å². The van der Waals surface area contributed by atoms with E-state index in [1.54, 1.807) is 6.08 Å². The maximum absolute atomic E-state index is 11.9. The highest BCUT2D eigenvalue weighted by atomic mass is 32.2. The van der Waals surface area contributed by atoms with Crippen molar-refractivity contribution in [2.45, 2.75) is 20.8 Å². The van der Waals surface area contributed by atoms with Gasteiger partial charge in [-0.1, -0.05) is 36.1 Å². The molecule has 1 aliphatic heterocycles. The number of hydrogen-bond acceptors (Lipinski definition) is 7. The van der Waals surface area contributed by atoms with E-state index < -0.39 is 0 Å². The molecule has 2 aromatic rings. The third-order valence-corrected chi connectivity index (χ3v) is 5.83. The number of thiocarbonyl (C=S) groups is 1. The lowest BCUT2D eigenvalue weighted by Crippen LogP contribution is -2.17. The van der Waals surface area contributed by atoms with E-state index in [4.69, 9.17) is 31.2 Å². The van der Waals surface area contributed by atoms with Gasteiger partial charge in [0.25, 0.3) is 5.91 Å². The van der Waals surface area contributed by atoms with Crippen LogP contribution in [0.1, 0.15) is 23.6 Å². The molecular weight excluding hydrogens is 446 g/mol. The monoisotopic (exact) mass is 473 g/mol. The molecule has 6 nitrogen and oxygen atoms in total. The summed E-state index contributed by atoms with van der Waals surface area (Å²) in [6.07, 6.45) is 1.78. The van der Waals surface area contributed by atoms with Gasteiger partial charge in [-0.15, -0.1) is 0 Å². The van der Waals surface area contributed by atoms with Crippen molar-refractivity contribution in [3.63, 3.8) is 0 Å². The van der Waals surface area contributed by atoms with Crippen LogP contribution in [0.25, 0.3) is 6.08 Å². The molecule has 1 amide bonds. The minimum absolute atomic E-state index is 0.183.